The van der Waals surface area contributed by atoms with Crippen LogP contribution in [0.15, 0.2) is 42.7 Å². The molecule has 0 aliphatic carbocycles. The predicted molar refractivity (Wildman–Crippen MR) is 92.2 cm³/mol. The van der Waals surface area contributed by atoms with Crippen LogP contribution >= 0.6 is 0 Å². The van der Waals surface area contributed by atoms with E-state index < -0.39 is 23.9 Å². The van der Waals surface area contributed by atoms with E-state index in [0.717, 1.165) is 5.56 Å². The Morgan fingerprint density at radius 3 is 2.38 bits per heavy atom. The van der Waals surface area contributed by atoms with E-state index in [9.17, 15) is 19.5 Å². The van der Waals surface area contributed by atoms with Gasteiger partial charge in [0, 0.05) is 29.9 Å². The summed E-state index contributed by atoms with van der Waals surface area (Å²) in [5.74, 6) is -1.54. The summed E-state index contributed by atoms with van der Waals surface area (Å²) in [6, 6.07) is 7.17. The number of nitrogens with one attached hydrogen (secondary N) is 1. The molecule has 1 aromatic carbocycles. The number of carbonyl (C=O) groups is 3. The molecule has 2 aromatic rings. The van der Waals surface area contributed by atoms with Gasteiger partial charge in [-0.25, -0.2) is 14.8 Å². The molecule has 1 atom stereocenters. The van der Waals surface area contributed by atoms with Crippen molar-refractivity contribution >= 4 is 17.8 Å². The molecule has 0 bridgehead atoms. The van der Waals surface area contributed by atoms with Crippen molar-refractivity contribution in [3.63, 3.8) is 0 Å². The second-order valence-electron chi connectivity index (χ2n) is 5.48. The number of rotatable bonds is 8. The number of amides is 1. The van der Waals surface area contributed by atoms with Gasteiger partial charge in [0.25, 0.3) is 5.91 Å². The van der Waals surface area contributed by atoms with Gasteiger partial charge < -0.3 is 15.2 Å². The molecule has 2 N–H and O–H groups in total. The smallest absolute Gasteiger partial charge is 0.326 e. The van der Waals surface area contributed by atoms with E-state index in [1.54, 1.807) is 42.7 Å². The van der Waals surface area contributed by atoms with Crippen LogP contribution in [0.4, 0.5) is 0 Å². The van der Waals surface area contributed by atoms with Gasteiger partial charge >= 0.3 is 11.9 Å². The maximum Gasteiger partial charge on any atom is 0.326 e. The predicted octanol–water partition coefficient (Wildman–Crippen LogP) is 1.67. The van der Waals surface area contributed by atoms with Crippen molar-refractivity contribution in [3.8, 4) is 11.4 Å². The summed E-state index contributed by atoms with van der Waals surface area (Å²) in [5.41, 5.74) is 1.07. The Morgan fingerprint density at radius 2 is 1.81 bits per heavy atom. The summed E-state index contributed by atoms with van der Waals surface area (Å²) in [5, 5.41) is 11.7. The molecule has 0 saturated carbocycles. The number of aliphatic carboxylic acids is 1. The average Bonchev–Trinajstić information content (AvgIpc) is 2.67. The highest BCUT2D eigenvalue weighted by atomic mass is 16.5. The van der Waals surface area contributed by atoms with Crippen molar-refractivity contribution in [1.29, 1.82) is 0 Å². The molecule has 0 spiro atoms. The van der Waals surface area contributed by atoms with Gasteiger partial charge in [0.1, 0.15) is 6.04 Å². The van der Waals surface area contributed by atoms with Crippen LogP contribution in [0.1, 0.15) is 29.6 Å². The molecule has 0 radical (unpaired) electrons. The third-order valence-electron chi connectivity index (χ3n) is 3.68. The Kier molecular flexibility index (Phi) is 6.78. The molecule has 0 aliphatic heterocycles. The first-order valence-electron chi connectivity index (χ1n) is 7.99. The fraction of sp³-hybridized carbons (Fsp3) is 0.278. The van der Waals surface area contributed by atoms with Gasteiger partial charge in [0.2, 0.25) is 0 Å². The first-order valence-corrected chi connectivity index (χ1v) is 7.99. The number of hydrogen-bond donors (Lipinski definition) is 2. The molecule has 1 aromatic heterocycles. The molecule has 8 heteroatoms. The average molecular weight is 357 g/mol. The van der Waals surface area contributed by atoms with Gasteiger partial charge in [-0.3, -0.25) is 9.59 Å². The van der Waals surface area contributed by atoms with Gasteiger partial charge in [-0.15, -0.1) is 0 Å². The lowest BCUT2D eigenvalue weighted by Crippen LogP contribution is -2.40. The molecule has 1 amide bonds. The van der Waals surface area contributed by atoms with Crippen molar-refractivity contribution < 1.29 is 24.2 Å². The number of aromatic nitrogens is 2. The molecule has 8 nitrogen and oxygen atoms in total. The van der Waals surface area contributed by atoms with E-state index in [1.807, 2.05) is 0 Å². The summed E-state index contributed by atoms with van der Waals surface area (Å²) >= 11 is 0. The Morgan fingerprint density at radius 1 is 1.15 bits per heavy atom. The highest BCUT2D eigenvalue weighted by Crippen LogP contribution is 2.15. The fourth-order valence-electron chi connectivity index (χ4n) is 2.27. The van der Waals surface area contributed by atoms with E-state index in [0.29, 0.717) is 17.8 Å². The molecule has 26 heavy (non-hydrogen) atoms. The highest BCUT2D eigenvalue weighted by Gasteiger charge is 2.21. The number of hydrogen-bond acceptors (Lipinski definition) is 6. The zero-order chi connectivity index (χ0) is 18.9. The van der Waals surface area contributed by atoms with Gasteiger partial charge in [-0.2, -0.15) is 0 Å². The topological polar surface area (TPSA) is 118 Å². The van der Waals surface area contributed by atoms with Gasteiger partial charge in [-0.1, -0.05) is 12.1 Å². The van der Waals surface area contributed by atoms with E-state index in [4.69, 9.17) is 0 Å². The SMILES string of the molecule is COC(=O)CCCC(NC(=O)c1ccc(-c2ncccn2)cc1)C(=O)O. The zero-order valence-corrected chi connectivity index (χ0v) is 14.2. The minimum absolute atomic E-state index is 0.0991. The minimum atomic E-state index is -1.16. The summed E-state index contributed by atoms with van der Waals surface area (Å²) in [7, 11) is 1.27. The lowest BCUT2D eigenvalue weighted by molar-refractivity contribution is -0.142. The van der Waals surface area contributed by atoms with E-state index >= 15 is 0 Å². The highest BCUT2D eigenvalue weighted by molar-refractivity contribution is 5.96. The van der Waals surface area contributed by atoms with Gasteiger partial charge in [-0.05, 0) is 31.0 Å². The normalized spacial score (nSPS) is 11.4. The Hall–Kier alpha value is -3.29. The number of benzene rings is 1. The summed E-state index contributed by atoms with van der Waals surface area (Å²) in [4.78, 5) is 42.9. The number of carboxylic acids is 1. The molecule has 2 rings (SSSR count). The lowest BCUT2D eigenvalue weighted by atomic mass is 10.1. The van der Waals surface area contributed by atoms with Crippen LogP contribution in [0.2, 0.25) is 0 Å². The van der Waals surface area contributed by atoms with E-state index in [1.165, 1.54) is 7.11 Å². The van der Waals surface area contributed by atoms with E-state index in [2.05, 4.69) is 20.0 Å². The third-order valence-corrected chi connectivity index (χ3v) is 3.68. The van der Waals surface area contributed by atoms with Crippen molar-refractivity contribution in [2.45, 2.75) is 25.3 Å². The fourth-order valence-corrected chi connectivity index (χ4v) is 2.27. The maximum absolute atomic E-state index is 12.3. The standard InChI is InChI=1S/C18H19N3O5/c1-26-15(22)5-2-4-14(18(24)25)21-17(23)13-8-6-12(7-9-13)16-19-10-3-11-20-16/h3,6-11,14H,2,4-5H2,1H3,(H,21,23)(H,24,25). The molecule has 136 valence electrons. The van der Waals surface area contributed by atoms with Crippen molar-refractivity contribution in [2.24, 2.45) is 0 Å². The quantitative estimate of drug-likeness (QED) is 0.690. The largest absolute Gasteiger partial charge is 0.480 e. The number of ether oxygens (including phenoxy) is 1. The minimum Gasteiger partial charge on any atom is -0.480 e. The van der Waals surface area contributed by atoms with Crippen LogP contribution in [0.3, 0.4) is 0 Å². The van der Waals surface area contributed by atoms with E-state index in [-0.39, 0.29) is 12.8 Å². The first-order chi connectivity index (χ1) is 12.5. The van der Waals surface area contributed by atoms with Gasteiger partial charge in [0.05, 0.1) is 7.11 Å². The maximum atomic E-state index is 12.3. The number of carboxylic acid groups (broad SMARTS) is 1. The third kappa shape index (κ3) is 5.37. The molecule has 0 fully saturated rings. The first kappa shape index (κ1) is 19.0. The summed E-state index contributed by atoms with van der Waals surface area (Å²) < 4.78 is 4.51. The van der Waals surface area contributed by atoms with Crippen LogP contribution in [-0.4, -0.2) is 46.1 Å². The van der Waals surface area contributed by atoms with Crippen LogP contribution in [0, 0.1) is 0 Å². The van der Waals surface area contributed by atoms with Crippen LogP contribution in [-0.2, 0) is 14.3 Å². The van der Waals surface area contributed by atoms with Crippen LogP contribution in [0.5, 0.6) is 0 Å². The van der Waals surface area contributed by atoms with Crippen LogP contribution < -0.4 is 5.32 Å². The second kappa shape index (κ2) is 9.26. The summed E-state index contributed by atoms with van der Waals surface area (Å²) in [6.45, 7) is 0. The molecule has 0 saturated heterocycles. The number of methoxy groups -OCH3 is 1. The summed E-state index contributed by atoms with van der Waals surface area (Å²) in [6.07, 6.45) is 3.77. The molecule has 1 unspecified atom stereocenters. The van der Waals surface area contributed by atoms with Crippen molar-refractivity contribution in [1.82, 2.24) is 15.3 Å². The lowest BCUT2D eigenvalue weighted by Gasteiger charge is -2.14. The molecular weight excluding hydrogens is 338 g/mol. The number of carbonyl (C=O) groups excluding carboxylic acids is 2. The second-order valence-corrected chi connectivity index (χ2v) is 5.48. The Balaban J connectivity index is 1.98. The van der Waals surface area contributed by atoms with Crippen LogP contribution in [0.25, 0.3) is 11.4 Å². The zero-order valence-electron chi connectivity index (χ0n) is 14.2. The molecule has 1 heterocycles. The Labute approximate surface area is 150 Å². The van der Waals surface area contributed by atoms with Crippen molar-refractivity contribution in [3.05, 3.63) is 48.3 Å². The molecular formula is C18H19N3O5. The molecule has 0 aliphatic rings. The monoisotopic (exact) mass is 357 g/mol. The number of esters is 1. The van der Waals surface area contributed by atoms with Crippen molar-refractivity contribution in [2.75, 3.05) is 7.11 Å². The van der Waals surface area contributed by atoms with Gasteiger partial charge in [0.15, 0.2) is 5.82 Å². The Bertz CT molecular complexity index is 762. The number of nitrogens with zero attached hydrogens (tertiary/aromatic N) is 2.